The Balaban J connectivity index is 2.30. The number of hydrogen-bond donors (Lipinski definition) is 0. The standard InChI is InChI=1S/C8H16O/c1-3-8-4-5-9-6-7(8)2/h7-8H,3-6H2,1-2H3/t7?,8-/m0/s1. The molecule has 0 radical (unpaired) electrons. The van der Waals surface area contributed by atoms with Crippen molar-refractivity contribution in [2.24, 2.45) is 11.8 Å². The number of ether oxygens (including phenoxy) is 1. The first-order valence-corrected chi connectivity index (χ1v) is 3.92. The summed E-state index contributed by atoms with van der Waals surface area (Å²) in [7, 11) is 0. The molecular weight excluding hydrogens is 112 g/mol. The molecule has 1 heteroatoms. The molecule has 0 aromatic heterocycles. The van der Waals surface area contributed by atoms with E-state index in [4.69, 9.17) is 4.74 Å². The lowest BCUT2D eigenvalue weighted by molar-refractivity contribution is 0.0232. The molecule has 1 heterocycles. The maximum atomic E-state index is 5.31. The molecule has 0 bridgehead atoms. The molecule has 0 N–H and O–H groups in total. The Labute approximate surface area is 57.4 Å². The monoisotopic (exact) mass is 128 g/mol. The first kappa shape index (κ1) is 7.07. The molecule has 54 valence electrons. The normalized spacial score (nSPS) is 36.7. The van der Waals surface area contributed by atoms with E-state index in [9.17, 15) is 0 Å². The van der Waals surface area contributed by atoms with Gasteiger partial charge < -0.3 is 4.74 Å². The lowest BCUT2D eigenvalue weighted by Gasteiger charge is -2.27. The predicted octanol–water partition coefficient (Wildman–Crippen LogP) is 2.07. The fraction of sp³-hybridized carbons (Fsp3) is 1.00. The van der Waals surface area contributed by atoms with E-state index in [0.717, 1.165) is 25.0 Å². The lowest BCUT2D eigenvalue weighted by atomic mass is 9.88. The summed E-state index contributed by atoms with van der Waals surface area (Å²) in [4.78, 5) is 0. The third-order valence-electron chi connectivity index (χ3n) is 2.34. The van der Waals surface area contributed by atoms with Gasteiger partial charge in [-0.1, -0.05) is 20.3 Å². The Bertz CT molecular complexity index is 80.6. The first-order valence-electron chi connectivity index (χ1n) is 3.92. The minimum absolute atomic E-state index is 0.795. The van der Waals surface area contributed by atoms with Gasteiger partial charge in [-0.25, -0.2) is 0 Å². The highest BCUT2D eigenvalue weighted by atomic mass is 16.5. The molecule has 0 amide bonds. The van der Waals surface area contributed by atoms with Gasteiger partial charge >= 0.3 is 0 Å². The van der Waals surface area contributed by atoms with Gasteiger partial charge in [0.2, 0.25) is 0 Å². The van der Waals surface area contributed by atoms with E-state index in [1.165, 1.54) is 12.8 Å². The summed E-state index contributed by atoms with van der Waals surface area (Å²) < 4.78 is 5.31. The van der Waals surface area contributed by atoms with Gasteiger partial charge in [-0.15, -0.1) is 0 Å². The van der Waals surface area contributed by atoms with Gasteiger partial charge in [-0.2, -0.15) is 0 Å². The smallest absolute Gasteiger partial charge is 0.0494 e. The van der Waals surface area contributed by atoms with Gasteiger partial charge in [0.1, 0.15) is 0 Å². The summed E-state index contributed by atoms with van der Waals surface area (Å²) in [6.45, 7) is 6.53. The zero-order valence-electron chi connectivity index (χ0n) is 6.39. The third kappa shape index (κ3) is 1.68. The number of hydrogen-bond acceptors (Lipinski definition) is 1. The summed E-state index contributed by atoms with van der Waals surface area (Å²) >= 11 is 0. The highest BCUT2D eigenvalue weighted by Crippen LogP contribution is 2.23. The largest absolute Gasteiger partial charge is 0.381 e. The highest BCUT2D eigenvalue weighted by Gasteiger charge is 2.19. The molecule has 1 fully saturated rings. The van der Waals surface area contributed by atoms with Crippen LogP contribution in [0.1, 0.15) is 26.7 Å². The maximum Gasteiger partial charge on any atom is 0.0494 e. The zero-order chi connectivity index (χ0) is 6.69. The van der Waals surface area contributed by atoms with Crippen LogP contribution in [-0.4, -0.2) is 13.2 Å². The van der Waals surface area contributed by atoms with Gasteiger partial charge in [-0.3, -0.25) is 0 Å². The Hall–Kier alpha value is -0.0400. The minimum atomic E-state index is 0.795. The average molecular weight is 128 g/mol. The zero-order valence-corrected chi connectivity index (χ0v) is 6.39. The molecule has 1 saturated heterocycles. The second-order valence-corrected chi connectivity index (χ2v) is 3.01. The Morgan fingerprint density at radius 2 is 2.33 bits per heavy atom. The van der Waals surface area contributed by atoms with Crippen LogP contribution in [0.2, 0.25) is 0 Å². The Morgan fingerprint density at radius 3 is 2.78 bits per heavy atom. The van der Waals surface area contributed by atoms with Crippen molar-refractivity contribution in [3.8, 4) is 0 Å². The van der Waals surface area contributed by atoms with Gasteiger partial charge in [0.05, 0.1) is 0 Å². The van der Waals surface area contributed by atoms with Crippen molar-refractivity contribution in [1.82, 2.24) is 0 Å². The summed E-state index contributed by atoms with van der Waals surface area (Å²) in [5, 5.41) is 0. The predicted molar refractivity (Wildman–Crippen MR) is 38.4 cm³/mol. The molecule has 9 heavy (non-hydrogen) atoms. The lowest BCUT2D eigenvalue weighted by Crippen LogP contribution is -2.24. The Morgan fingerprint density at radius 1 is 1.56 bits per heavy atom. The molecule has 0 aromatic rings. The first-order chi connectivity index (χ1) is 4.34. The van der Waals surface area contributed by atoms with Crippen LogP contribution in [0.5, 0.6) is 0 Å². The van der Waals surface area contributed by atoms with Crippen molar-refractivity contribution in [2.75, 3.05) is 13.2 Å². The van der Waals surface area contributed by atoms with E-state index in [2.05, 4.69) is 13.8 Å². The van der Waals surface area contributed by atoms with Crippen molar-refractivity contribution in [1.29, 1.82) is 0 Å². The third-order valence-corrected chi connectivity index (χ3v) is 2.34. The SMILES string of the molecule is CC[C@H]1CCOCC1C. The average Bonchev–Trinajstić information content (AvgIpc) is 1.89. The maximum absolute atomic E-state index is 5.31. The van der Waals surface area contributed by atoms with Crippen LogP contribution in [-0.2, 0) is 4.74 Å². The summed E-state index contributed by atoms with van der Waals surface area (Å²) in [6.07, 6.45) is 2.60. The van der Waals surface area contributed by atoms with Gasteiger partial charge in [0, 0.05) is 13.2 Å². The van der Waals surface area contributed by atoms with E-state index >= 15 is 0 Å². The molecule has 1 nitrogen and oxygen atoms in total. The quantitative estimate of drug-likeness (QED) is 0.525. The van der Waals surface area contributed by atoms with E-state index < -0.39 is 0 Å². The van der Waals surface area contributed by atoms with Crippen LogP contribution < -0.4 is 0 Å². The highest BCUT2D eigenvalue weighted by molar-refractivity contribution is 4.68. The molecule has 1 aliphatic rings. The molecule has 1 rings (SSSR count). The second-order valence-electron chi connectivity index (χ2n) is 3.01. The molecule has 0 spiro atoms. The van der Waals surface area contributed by atoms with Crippen LogP contribution in [0.15, 0.2) is 0 Å². The molecule has 1 unspecified atom stereocenters. The molecule has 2 atom stereocenters. The van der Waals surface area contributed by atoms with Crippen molar-refractivity contribution < 1.29 is 4.74 Å². The second kappa shape index (κ2) is 3.21. The molecule has 0 saturated carbocycles. The fourth-order valence-electron chi connectivity index (χ4n) is 1.53. The molecular formula is C8H16O. The summed E-state index contributed by atoms with van der Waals surface area (Å²) in [6, 6.07) is 0. The van der Waals surface area contributed by atoms with Crippen molar-refractivity contribution in [2.45, 2.75) is 26.7 Å². The van der Waals surface area contributed by atoms with Gasteiger partial charge in [0.15, 0.2) is 0 Å². The summed E-state index contributed by atoms with van der Waals surface area (Å²) in [5.74, 6) is 1.72. The Kier molecular flexibility index (Phi) is 2.52. The molecule has 0 aromatic carbocycles. The van der Waals surface area contributed by atoms with E-state index in [1.54, 1.807) is 0 Å². The van der Waals surface area contributed by atoms with Crippen molar-refractivity contribution >= 4 is 0 Å². The van der Waals surface area contributed by atoms with Crippen LogP contribution in [0.3, 0.4) is 0 Å². The van der Waals surface area contributed by atoms with Crippen LogP contribution >= 0.6 is 0 Å². The van der Waals surface area contributed by atoms with Crippen molar-refractivity contribution in [3.05, 3.63) is 0 Å². The summed E-state index contributed by atoms with van der Waals surface area (Å²) in [5.41, 5.74) is 0. The van der Waals surface area contributed by atoms with Gasteiger partial charge in [0.25, 0.3) is 0 Å². The fourth-order valence-corrected chi connectivity index (χ4v) is 1.53. The van der Waals surface area contributed by atoms with Crippen molar-refractivity contribution in [3.63, 3.8) is 0 Å². The van der Waals surface area contributed by atoms with E-state index in [1.807, 2.05) is 0 Å². The van der Waals surface area contributed by atoms with Crippen LogP contribution in [0, 0.1) is 11.8 Å². The van der Waals surface area contributed by atoms with Crippen LogP contribution in [0.4, 0.5) is 0 Å². The topological polar surface area (TPSA) is 9.23 Å². The van der Waals surface area contributed by atoms with Gasteiger partial charge in [-0.05, 0) is 18.3 Å². The minimum Gasteiger partial charge on any atom is -0.381 e. The van der Waals surface area contributed by atoms with E-state index in [-0.39, 0.29) is 0 Å². The molecule has 1 aliphatic heterocycles. The molecule has 0 aliphatic carbocycles. The number of rotatable bonds is 1. The van der Waals surface area contributed by atoms with Crippen LogP contribution in [0.25, 0.3) is 0 Å². The van der Waals surface area contributed by atoms with E-state index in [0.29, 0.717) is 0 Å².